The smallest absolute Gasteiger partial charge is 0.123 e. The summed E-state index contributed by atoms with van der Waals surface area (Å²) < 4.78 is 18.2. The topological polar surface area (TPSA) is 36.3 Å². The zero-order valence-corrected chi connectivity index (χ0v) is 11.4. The van der Waals surface area contributed by atoms with E-state index >= 15 is 0 Å². The third kappa shape index (κ3) is 2.72. The van der Waals surface area contributed by atoms with Crippen LogP contribution in [-0.2, 0) is 0 Å². The predicted molar refractivity (Wildman–Crippen MR) is 76.8 cm³/mol. The summed E-state index contributed by atoms with van der Waals surface area (Å²) in [4.78, 5) is 1.94. The molecule has 0 radical (unpaired) electrons. The molecule has 20 heavy (non-hydrogen) atoms. The zero-order valence-electron chi connectivity index (χ0n) is 11.4. The van der Waals surface area contributed by atoms with E-state index in [2.05, 4.69) is 6.07 Å². The molecule has 0 fully saturated rings. The maximum Gasteiger partial charge on any atom is 0.123 e. The summed E-state index contributed by atoms with van der Waals surface area (Å²) in [7, 11) is 1.58. The molecule has 0 aliphatic rings. The number of nitrogens with zero attached hydrogens (tertiary/aromatic N) is 2. The SMILES string of the molecule is CCN(c1ccc(F)cc1)c1cc(OC)ccc1C#N. The summed E-state index contributed by atoms with van der Waals surface area (Å²) in [5.74, 6) is 0.399. The van der Waals surface area contributed by atoms with Crippen LogP contribution in [0.4, 0.5) is 15.8 Å². The average molecular weight is 270 g/mol. The first-order valence-electron chi connectivity index (χ1n) is 6.30. The van der Waals surface area contributed by atoms with E-state index in [0.717, 1.165) is 11.4 Å². The van der Waals surface area contributed by atoms with Gasteiger partial charge in [0, 0.05) is 18.3 Å². The Morgan fingerprint density at radius 3 is 2.45 bits per heavy atom. The lowest BCUT2D eigenvalue weighted by molar-refractivity contribution is 0.415. The second kappa shape index (κ2) is 6.07. The molecule has 0 heterocycles. The van der Waals surface area contributed by atoms with Crippen LogP contribution in [0.1, 0.15) is 12.5 Å². The van der Waals surface area contributed by atoms with Gasteiger partial charge in [-0.2, -0.15) is 5.26 Å². The van der Waals surface area contributed by atoms with Crippen molar-refractivity contribution in [3.05, 3.63) is 53.8 Å². The van der Waals surface area contributed by atoms with E-state index in [1.807, 2.05) is 17.9 Å². The van der Waals surface area contributed by atoms with Crippen molar-refractivity contribution in [1.82, 2.24) is 0 Å². The van der Waals surface area contributed by atoms with E-state index in [4.69, 9.17) is 4.74 Å². The molecule has 2 aromatic carbocycles. The maximum atomic E-state index is 13.0. The first-order chi connectivity index (χ1) is 9.69. The molecular weight excluding hydrogens is 255 g/mol. The van der Waals surface area contributed by atoms with Gasteiger partial charge in [-0.15, -0.1) is 0 Å². The molecule has 0 aromatic heterocycles. The van der Waals surface area contributed by atoms with Gasteiger partial charge < -0.3 is 9.64 Å². The largest absolute Gasteiger partial charge is 0.497 e. The van der Waals surface area contributed by atoms with Crippen molar-refractivity contribution < 1.29 is 9.13 Å². The summed E-state index contributed by atoms with van der Waals surface area (Å²) in [6.07, 6.45) is 0. The van der Waals surface area contributed by atoms with Gasteiger partial charge in [0.1, 0.15) is 17.6 Å². The molecular formula is C16H15FN2O. The lowest BCUT2D eigenvalue weighted by Crippen LogP contribution is -2.17. The standard InChI is InChI=1S/C16H15FN2O/c1-3-19(14-7-5-13(17)6-8-14)16-10-15(20-2)9-4-12(16)11-18/h4-10H,3H2,1-2H3. The third-order valence-corrected chi connectivity index (χ3v) is 3.07. The Bertz CT molecular complexity index is 632. The first kappa shape index (κ1) is 13.9. The Morgan fingerprint density at radius 1 is 1.20 bits per heavy atom. The molecule has 3 nitrogen and oxygen atoms in total. The molecule has 0 saturated heterocycles. The van der Waals surface area contributed by atoms with Crippen LogP contribution in [0, 0.1) is 17.1 Å². The van der Waals surface area contributed by atoms with E-state index in [1.54, 1.807) is 31.4 Å². The number of nitriles is 1. The van der Waals surface area contributed by atoms with Gasteiger partial charge in [0.15, 0.2) is 0 Å². The molecule has 0 aliphatic heterocycles. The van der Waals surface area contributed by atoms with Gasteiger partial charge in [0.2, 0.25) is 0 Å². The Kier molecular flexibility index (Phi) is 4.21. The summed E-state index contributed by atoms with van der Waals surface area (Å²) >= 11 is 0. The van der Waals surface area contributed by atoms with Crippen molar-refractivity contribution in [1.29, 1.82) is 5.26 Å². The van der Waals surface area contributed by atoms with E-state index < -0.39 is 0 Å². The molecule has 0 atom stereocenters. The van der Waals surface area contributed by atoms with Crippen molar-refractivity contribution >= 4 is 11.4 Å². The second-order valence-corrected chi connectivity index (χ2v) is 4.22. The Morgan fingerprint density at radius 2 is 1.90 bits per heavy atom. The summed E-state index contributed by atoms with van der Waals surface area (Å²) in [6.45, 7) is 2.64. The minimum atomic E-state index is -0.282. The van der Waals surface area contributed by atoms with Gasteiger partial charge in [0.25, 0.3) is 0 Å². The number of ether oxygens (including phenoxy) is 1. The zero-order chi connectivity index (χ0) is 14.5. The molecule has 2 aromatic rings. The second-order valence-electron chi connectivity index (χ2n) is 4.22. The van der Waals surface area contributed by atoms with Crippen molar-refractivity contribution in [3.63, 3.8) is 0 Å². The van der Waals surface area contributed by atoms with Crippen LogP contribution < -0.4 is 9.64 Å². The highest BCUT2D eigenvalue weighted by molar-refractivity contribution is 5.70. The van der Waals surface area contributed by atoms with Gasteiger partial charge in [0.05, 0.1) is 18.4 Å². The van der Waals surface area contributed by atoms with Crippen molar-refractivity contribution in [2.75, 3.05) is 18.6 Å². The lowest BCUT2D eigenvalue weighted by atomic mass is 10.1. The highest BCUT2D eigenvalue weighted by Crippen LogP contribution is 2.31. The van der Waals surface area contributed by atoms with Crippen LogP contribution in [-0.4, -0.2) is 13.7 Å². The molecule has 2 rings (SSSR count). The number of rotatable bonds is 4. The minimum Gasteiger partial charge on any atom is -0.497 e. The number of halogens is 1. The van der Waals surface area contributed by atoms with Gasteiger partial charge in [-0.25, -0.2) is 4.39 Å². The highest BCUT2D eigenvalue weighted by atomic mass is 19.1. The third-order valence-electron chi connectivity index (χ3n) is 3.07. The summed E-state index contributed by atoms with van der Waals surface area (Å²) in [5.41, 5.74) is 2.14. The minimum absolute atomic E-state index is 0.282. The van der Waals surface area contributed by atoms with Gasteiger partial charge in [-0.05, 0) is 43.3 Å². The van der Waals surface area contributed by atoms with Crippen LogP contribution in [0.15, 0.2) is 42.5 Å². The molecule has 0 aliphatic carbocycles. The predicted octanol–water partition coefficient (Wildman–Crippen LogP) is 3.86. The molecule has 4 heteroatoms. The molecule has 102 valence electrons. The van der Waals surface area contributed by atoms with Gasteiger partial charge in [-0.1, -0.05) is 0 Å². The lowest BCUT2D eigenvalue weighted by Gasteiger charge is -2.24. The molecule has 0 spiro atoms. The average Bonchev–Trinajstić information content (AvgIpc) is 2.49. The van der Waals surface area contributed by atoms with Crippen LogP contribution in [0.2, 0.25) is 0 Å². The van der Waals surface area contributed by atoms with Crippen LogP contribution in [0.3, 0.4) is 0 Å². The first-order valence-corrected chi connectivity index (χ1v) is 6.30. The van der Waals surface area contributed by atoms with Crippen molar-refractivity contribution in [2.24, 2.45) is 0 Å². The number of hydrogen-bond acceptors (Lipinski definition) is 3. The van der Waals surface area contributed by atoms with Crippen LogP contribution in [0.5, 0.6) is 5.75 Å². The van der Waals surface area contributed by atoms with Crippen molar-refractivity contribution in [2.45, 2.75) is 6.92 Å². The number of hydrogen-bond donors (Lipinski definition) is 0. The Labute approximate surface area is 117 Å². The maximum absolute atomic E-state index is 13.0. The van der Waals surface area contributed by atoms with Gasteiger partial charge in [-0.3, -0.25) is 0 Å². The monoisotopic (exact) mass is 270 g/mol. The summed E-state index contributed by atoms with van der Waals surface area (Å²) in [5, 5.41) is 9.24. The van der Waals surface area contributed by atoms with E-state index in [9.17, 15) is 9.65 Å². The number of anilines is 2. The van der Waals surface area contributed by atoms with E-state index in [0.29, 0.717) is 17.9 Å². The fraction of sp³-hybridized carbons (Fsp3) is 0.188. The highest BCUT2D eigenvalue weighted by Gasteiger charge is 2.13. The van der Waals surface area contributed by atoms with Gasteiger partial charge >= 0.3 is 0 Å². The number of methoxy groups -OCH3 is 1. The molecule has 0 saturated carbocycles. The van der Waals surface area contributed by atoms with Crippen LogP contribution in [0.25, 0.3) is 0 Å². The Hall–Kier alpha value is -2.54. The quantitative estimate of drug-likeness (QED) is 0.846. The van der Waals surface area contributed by atoms with E-state index in [1.165, 1.54) is 12.1 Å². The molecule has 0 amide bonds. The molecule has 0 bridgehead atoms. The number of benzene rings is 2. The molecule has 0 N–H and O–H groups in total. The fourth-order valence-corrected chi connectivity index (χ4v) is 2.07. The fourth-order valence-electron chi connectivity index (χ4n) is 2.07. The van der Waals surface area contributed by atoms with Crippen LogP contribution >= 0.6 is 0 Å². The van der Waals surface area contributed by atoms with Crippen molar-refractivity contribution in [3.8, 4) is 11.8 Å². The molecule has 0 unspecified atom stereocenters. The normalized spacial score (nSPS) is 9.90. The summed E-state index contributed by atoms with van der Waals surface area (Å²) in [6, 6.07) is 13.7. The van der Waals surface area contributed by atoms with E-state index in [-0.39, 0.29) is 5.82 Å². The Balaban J connectivity index is 2.51.